The van der Waals surface area contributed by atoms with Gasteiger partial charge in [0.15, 0.2) is 0 Å². The van der Waals surface area contributed by atoms with Crippen LogP contribution in [0.2, 0.25) is 0 Å². The minimum Gasteiger partial charge on any atom is -0.467 e. The highest BCUT2D eigenvalue weighted by Crippen LogP contribution is 2.32. The maximum absolute atomic E-state index is 12.5. The molecule has 0 radical (unpaired) electrons. The number of morpholine rings is 1. The van der Waals surface area contributed by atoms with Crippen molar-refractivity contribution in [2.75, 3.05) is 33.3 Å². The maximum atomic E-state index is 12.5. The quantitative estimate of drug-likeness (QED) is 0.864. The average Bonchev–Trinajstić information content (AvgIpc) is 3.23. The molecule has 1 amide bonds. The van der Waals surface area contributed by atoms with Crippen LogP contribution in [-0.4, -0.2) is 60.6 Å². The minimum atomic E-state index is -0.246. The summed E-state index contributed by atoms with van der Waals surface area (Å²) in [6.07, 6.45) is 1.61. The number of ether oxygens (including phenoxy) is 1. The largest absolute Gasteiger partial charge is 0.467 e. The van der Waals surface area contributed by atoms with E-state index in [1.54, 1.807) is 6.26 Å². The van der Waals surface area contributed by atoms with Gasteiger partial charge in [-0.3, -0.25) is 14.6 Å². The van der Waals surface area contributed by atoms with Crippen LogP contribution >= 0.6 is 11.3 Å². The molecule has 6 nitrogen and oxygen atoms in total. The van der Waals surface area contributed by atoms with Gasteiger partial charge < -0.3 is 14.5 Å². The fourth-order valence-electron chi connectivity index (χ4n) is 3.82. The molecular formula is C19H25N3O3S. The fourth-order valence-corrected chi connectivity index (χ4v) is 4.76. The highest BCUT2D eigenvalue weighted by atomic mass is 32.1. The van der Waals surface area contributed by atoms with Gasteiger partial charge in [0.2, 0.25) is 5.91 Å². The highest BCUT2D eigenvalue weighted by Gasteiger charge is 2.49. The predicted molar refractivity (Wildman–Crippen MR) is 100.0 cm³/mol. The number of thiophene rings is 1. The number of furan rings is 1. The summed E-state index contributed by atoms with van der Waals surface area (Å²) in [5.41, 5.74) is 1.24. The Morgan fingerprint density at radius 2 is 2.23 bits per heavy atom. The number of nitrogens with zero attached hydrogens (tertiary/aromatic N) is 2. The zero-order chi connectivity index (χ0) is 18.1. The van der Waals surface area contributed by atoms with E-state index in [1.165, 1.54) is 10.4 Å². The molecule has 0 bridgehead atoms. The van der Waals surface area contributed by atoms with Crippen LogP contribution in [0.25, 0.3) is 0 Å². The molecule has 0 aromatic carbocycles. The summed E-state index contributed by atoms with van der Waals surface area (Å²) < 4.78 is 11.4. The molecular weight excluding hydrogens is 350 g/mol. The lowest BCUT2D eigenvalue weighted by Crippen LogP contribution is -2.72. The first-order chi connectivity index (χ1) is 12.5. The first-order valence-corrected chi connectivity index (χ1v) is 9.82. The van der Waals surface area contributed by atoms with E-state index >= 15 is 0 Å². The van der Waals surface area contributed by atoms with Crippen LogP contribution in [0.3, 0.4) is 0 Å². The number of aryl methyl sites for hydroxylation is 1. The first kappa shape index (κ1) is 17.7. The van der Waals surface area contributed by atoms with Crippen LogP contribution < -0.4 is 5.32 Å². The lowest BCUT2D eigenvalue weighted by Gasteiger charge is -2.55. The zero-order valence-electron chi connectivity index (χ0n) is 15.2. The maximum Gasteiger partial charge on any atom is 0.240 e. The Kier molecular flexibility index (Phi) is 4.88. The van der Waals surface area contributed by atoms with Crippen molar-refractivity contribution in [1.29, 1.82) is 0 Å². The molecule has 2 aromatic heterocycles. The summed E-state index contributed by atoms with van der Waals surface area (Å²) in [5, 5.41) is 5.08. The lowest BCUT2D eigenvalue weighted by atomic mass is 9.90. The summed E-state index contributed by atoms with van der Waals surface area (Å²) >= 11 is 1.82. The number of carbonyl (C=O) groups excluding carboxylic acids is 1. The SMILES string of the molecule is Cc1ccsc1CN1CC2(C1)CN(C)C(C(=O)NCc1ccco1)CO2. The van der Waals surface area contributed by atoms with Gasteiger partial charge in [-0.25, -0.2) is 0 Å². The molecule has 4 rings (SSSR count). The minimum absolute atomic E-state index is 0.0101. The second kappa shape index (κ2) is 7.15. The molecule has 2 fully saturated rings. The van der Waals surface area contributed by atoms with Gasteiger partial charge in [-0.15, -0.1) is 11.3 Å². The van der Waals surface area contributed by atoms with Crippen LogP contribution in [0.5, 0.6) is 0 Å². The van der Waals surface area contributed by atoms with Gasteiger partial charge in [0.25, 0.3) is 0 Å². The van der Waals surface area contributed by atoms with Gasteiger partial charge >= 0.3 is 0 Å². The molecule has 1 spiro atoms. The molecule has 26 heavy (non-hydrogen) atoms. The molecule has 2 saturated heterocycles. The Balaban J connectivity index is 1.26. The van der Waals surface area contributed by atoms with Gasteiger partial charge in [0.1, 0.15) is 17.4 Å². The summed E-state index contributed by atoms with van der Waals surface area (Å²) in [7, 11) is 2.01. The van der Waals surface area contributed by atoms with Crippen LogP contribution in [0.4, 0.5) is 0 Å². The molecule has 0 saturated carbocycles. The summed E-state index contributed by atoms with van der Waals surface area (Å²) in [5.74, 6) is 0.747. The molecule has 0 aliphatic carbocycles. The van der Waals surface area contributed by atoms with Crippen molar-refractivity contribution in [2.45, 2.75) is 31.7 Å². The van der Waals surface area contributed by atoms with Crippen molar-refractivity contribution in [1.82, 2.24) is 15.1 Å². The molecule has 2 aliphatic heterocycles. The Labute approximate surface area is 157 Å². The number of likely N-dealkylation sites (N-methyl/N-ethyl adjacent to an activating group) is 1. The van der Waals surface area contributed by atoms with Gasteiger partial charge in [-0.1, -0.05) is 0 Å². The molecule has 1 N–H and O–H groups in total. The molecule has 1 atom stereocenters. The standard InChI is InChI=1S/C19H25N3O3S/c1-14-5-7-26-17(14)9-22-12-19(13-22)11-21(2)16(10-25-19)18(23)20-8-15-4-3-6-24-15/h3-7,16H,8-13H2,1-2H3,(H,20,23). The third-order valence-electron chi connectivity index (χ3n) is 5.30. The molecule has 1 unspecified atom stereocenters. The number of hydrogen-bond donors (Lipinski definition) is 1. The predicted octanol–water partition coefficient (Wildman–Crippen LogP) is 1.85. The lowest BCUT2D eigenvalue weighted by molar-refractivity contribution is -0.198. The average molecular weight is 375 g/mol. The molecule has 4 heterocycles. The Morgan fingerprint density at radius 1 is 1.38 bits per heavy atom. The van der Waals surface area contributed by atoms with Crippen LogP contribution in [0.15, 0.2) is 34.3 Å². The van der Waals surface area contributed by atoms with Crippen molar-refractivity contribution in [2.24, 2.45) is 0 Å². The Bertz CT molecular complexity index is 752. The van der Waals surface area contributed by atoms with Crippen molar-refractivity contribution in [3.63, 3.8) is 0 Å². The Morgan fingerprint density at radius 3 is 2.88 bits per heavy atom. The van der Waals surface area contributed by atoms with E-state index in [0.29, 0.717) is 13.2 Å². The second-order valence-electron chi connectivity index (χ2n) is 7.39. The van der Waals surface area contributed by atoms with E-state index in [-0.39, 0.29) is 17.6 Å². The van der Waals surface area contributed by atoms with E-state index in [9.17, 15) is 4.79 Å². The van der Waals surface area contributed by atoms with Crippen LogP contribution in [0, 0.1) is 6.92 Å². The summed E-state index contributed by atoms with van der Waals surface area (Å²) in [6.45, 7) is 6.64. The monoisotopic (exact) mass is 375 g/mol. The highest BCUT2D eigenvalue weighted by molar-refractivity contribution is 7.10. The molecule has 7 heteroatoms. The number of carbonyl (C=O) groups is 1. The number of hydrogen-bond acceptors (Lipinski definition) is 6. The van der Waals surface area contributed by atoms with E-state index < -0.39 is 0 Å². The van der Waals surface area contributed by atoms with Crippen LogP contribution in [0.1, 0.15) is 16.2 Å². The Hall–Kier alpha value is -1.67. The van der Waals surface area contributed by atoms with Crippen molar-refractivity contribution in [3.8, 4) is 0 Å². The van der Waals surface area contributed by atoms with E-state index in [4.69, 9.17) is 9.15 Å². The first-order valence-electron chi connectivity index (χ1n) is 8.94. The summed E-state index contributed by atoms with van der Waals surface area (Å²) in [6, 6.07) is 5.60. The van der Waals surface area contributed by atoms with E-state index in [1.807, 2.05) is 30.5 Å². The normalized spacial score (nSPS) is 23.1. The number of amides is 1. The zero-order valence-corrected chi connectivity index (χ0v) is 16.1. The van der Waals surface area contributed by atoms with E-state index in [0.717, 1.165) is 31.9 Å². The van der Waals surface area contributed by atoms with Crippen molar-refractivity contribution in [3.05, 3.63) is 46.0 Å². The number of likely N-dealkylation sites (tertiary alicyclic amines) is 1. The second-order valence-corrected chi connectivity index (χ2v) is 8.39. The van der Waals surface area contributed by atoms with E-state index in [2.05, 4.69) is 33.5 Å². The number of rotatable bonds is 5. The third-order valence-corrected chi connectivity index (χ3v) is 6.30. The van der Waals surface area contributed by atoms with Crippen molar-refractivity contribution >= 4 is 17.2 Å². The third kappa shape index (κ3) is 3.57. The summed E-state index contributed by atoms with van der Waals surface area (Å²) in [4.78, 5) is 18.4. The molecule has 140 valence electrons. The topological polar surface area (TPSA) is 58.0 Å². The fraction of sp³-hybridized carbons (Fsp3) is 0.526. The van der Waals surface area contributed by atoms with Crippen molar-refractivity contribution < 1.29 is 13.9 Å². The van der Waals surface area contributed by atoms with Gasteiger partial charge in [0, 0.05) is 31.1 Å². The smallest absolute Gasteiger partial charge is 0.240 e. The van der Waals surface area contributed by atoms with Gasteiger partial charge in [-0.2, -0.15) is 0 Å². The molecule has 2 aromatic rings. The molecule has 2 aliphatic rings. The van der Waals surface area contributed by atoms with Crippen LogP contribution in [-0.2, 0) is 22.6 Å². The number of nitrogens with one attached hydrogen (secondary N) is 1. The van der Waals surface area contributed by atoms with Gasteiger partial charge in [0.05, 0.1) is 19.4 Å². The van der Waals surface area contributed by atoms with Gasteiger partial charge in [-0.05, 0) is 43.1 Å².